The molecule has 0 bridgehead atoms. The smallest absolute Gasteiger partial charge is 0.203 e. The number of fused-ring (bicyclic) bond motifs is 1. The van der Waals surface area contributed by atoms with E-state index in [-0.39, 0.29) is 5.78 Å². The van der Waals surface area contributed by atoms with Gasteiger partial charge in [0.25, 0.3) is 0 Å². The summed E-state index contributed by atoms with van der Waals surface area (Å²) in [6.07, 6.45) is 2.07. The van der Waals surface area contributed by atoms with Crippen molar-refractivity contribution in [2.75, 3.05) is 0 Å². The topological polar surface area (TPSA) is 43.1 Å². The number of hydrogen-bond acceptors (Lipinski definition) is 4. The Morgan fingerprint density at radius 2 is 2.28 bits per heavy atom. The molecule has 0 amide bonds. The maximum absolute atomic E-state index is 12.1. The molecule has 2 aromatic heterocycles. The van der Waals surface area contributed by atoms with E-state index in [2.05, 4.69) is 4.98 Å². The van der Waals surface area contributed by atoms with Gasteiger partial charge in [0.15, 0.2) is 5.76 Å². The van der Waals surface area contributed by atoms with E-state index in [1.165, 1.54) is 11.3 Å². The number of furan rings is 1. The maximum Gasteiger partial charge on any atom is 0.203 e. The zero-order valence-corrected chi connectivity index (χ0v) is 10.7. The molecule has 0 aliphatic carbocycles. The second-order valence-corrected chi connectivity index (χ2v) is 5.19. The maximum atomic E-state index is 12.1. The highest BCUT2D eigenvalue weighted by Gasteiger charge is 2.13. The van der Waals surface area contributed by atoms with Gasteiger partial charge in [-0.1, -0.05) is 11.6 Å². The molecule has 1 aromatic carbocycles. The van der Waals surface area contributed by atoms with Crippen molar-refractivity contribution in [3.8, 4) is 0 Å². The summed E-state index contributed by atoms with van der Waals surface area (Å²) in [5.74, 6) is 0.414. The summed E-state index contributed by atoms with van der Waals surface area (Å²) < 4.78 is 5.57. The fourth-order valence-electron chi connectivity index (χ4n) is 1.87. The Kier molecular flexibility index (Phi) is 2.72. The number of benzene rings is 1. The van der Waals surface area contributed by atoms with Crippen LogP contribution in [0.4, 0.5) is 0 Å². The summed E-state index contributed by atoms with van der Waals surface area (Å²) >= 11 is 1.48. The number of aromatic nitrogens is 1. The van der Waals surface area contributed by atoms with Crippen molar-refractivity contribution in [2.24, 2.45) is 0 Å². The van der Waals surface area contributed by atoms with Gasteiger partial charge in [0.2, 0.25) is 5.78 Å². The zero-order chi connectivity index (χ0) is 12.5. The summed E-state index contributed by atoms with van der Waals surface area (Å²) in [4.78, 5) is 17.0. The molecule has 0 aliphatic heterocycles. The monoisotopic (exact) mass is 257 g/mol. The number of carbonyl (C=O) groups excluding carboxylic acids is 1. The van der Waals surface area contributed by atoms with Crippen molar-refractivity contribution in [3.63, 3.8) is 0 Å². The molecule has 2 heterocycles. The summed E-state index contributed by atoms with van der Waals surface area (Å²) in [6, 6.07) is 7.70. The minimum Gasteiger partial charge on any atom is -0.453 e. The molecule has 3 nitrogen and oxygen atoms in total. The van der Waals surface area contributed by atoms with Crippen LogP contribution in [0.25, 0.3) is 11.0 Å². The van der Waals surface area contributed by atoms with Gasteiger partial charge >= 0.3 is 0 Å². The molecule has 90 valence electrons. The number of rotatable bonds is 3. The third-order valence-corrected chi connectivity index (χ3v) is 3.54. The van der Waals surface area contributed by atoms with Gasteiger partial charge < -0.3 is 4.42 Å². The lowest BCUT2D eigenvalue weighted by Crippen LogP contribution is -2.00. The van der Waals surface area contributed by atoms with E-state index in [0.29, 0.717) is 12.2 Å². The minimum absolute atomic E-state index is 0.00639. The molecule has 0 saturated heterocycles. The van der Waals surface area contributed by atoms with Crippen molar-refractivity contribution in [2.45, 2.75) is 13.3 Å². The number of Topliss-reactive ketones (excluding diaryl/α,β-unsaturated/α-hetero) is 1. The fraction of sp³-hybridized carbons (Fsp3) is 0.143. The van der Waals surface area contributed by atoms with Gasteiger partial charge in [0, 0.05) is 16.5 Å². The third kappa shape index (κ3) is 2.07. The number of carbonyl (C=O) groups is 1. The van der Waals surface area contributed by atoms with Crippen LogP contribution in [0.2, 0.25) is 0 Å². The predicted molar refractivity (Wildman–Crippen MR) is 71.1 cm³/mol. The van der Waals surface area contributed by atoms with Crippen molar-refractivity contribution in [1.82, 2.24) is 4.98 Å². The molecule has 0 fully saturated rings. The lowest BCUT2D eigenvalue weighted by atomic mass is 10.1. The first kappa shape index (κ1) is 11.2. The van der Waals surface area contributed by atoms with Gasteiger partial charge in [0.05, 0.1) is 11.9 Å². The number of hydrogen-bond donors (Lipinski definition) is 0. The molecule has 3 aromatic rings. The Hall–Kier alpha value is -1.94. The van der Waals surface area contributed by atoms with Gasteiger partial charge in [-0.15, -0.1) is 11.3 Å². The van der Waals surface area contributed by atoms with Crippen LogP contribution < -0.4 is 0 Å². The standard InChI is InChI=1S/C14H11NO2S/c1-9-2-3-13-10(4-9)5-14(17-13)12(16)6-11-7-15-8-18-11/h2-5,7-8H,6H2,1H3. The Morgan fingerprint density at radius 1 is 1.39 bits per heavy atom. The second-order valence-electron chi connectivity index (χ2n) is 4.22. The van der Waals surface area contributed by atoms with E-state index >= 15 is 0 Å². The van der Waals surface area contributed by atoms with E-state index in [9.17, 15) is 4.79 Å². The number of ketones is 1. The second kappa shape index (κ2) is 4.38. The summed E-state index contributed by atoms with van der Waals surface area (Å²) in [6.45, 7) is 2.02. The average molecular weight is 257 g/mol. The van der Waals surface area contributed by atoms with Gasteiger partial charge in [-0.3, -0.25) is 9.78 Å². The summed E-state index contributed by atoms with van der Waals surface area (Å²) in [5, 5.41) is 0.975. The van der Waals surface area contributed by atoms with Crippen molar-refractivity contribution < 1.29 is 9.21 Å². The molecule has 0 spiro atoms. The van der Waals surface area contributed by atoms with E-state index in [1.54, 1.807) is 11.7 Å². The molecule has 0 unspecified atom stereocenters. The van der Waals surface area contributed by atoms with Gasteiger partial charge in [-0.2, -0.15) is 0 Å². The minimum atomic E-state index is -0.00639. The van der Waals surface area contributed by atoms with Crippen LogP contribution >= 0.6 is 11.3 Å². The van der Waals surface area contributed by atoms with Crippen LogP contribution in [-0.2, 0) is 6.42 Å². The molecule has 0 N–H and O–H groups in total. The molecular formula is C14H11NO2S. The van der Waals surface area contributed by atoms with Crippen LogP contribution in [-0.4, -0.2) is 10.8 Å². The molecule has 0 saturated carbocycles. The molecule has 3 rings (SSSR count). The van der Waals surface area contributed by atoms with Gasteiger partial charge in [0.1, 0.15) is 5.58 Å². The highest BCUT2D eigenvalue weighted by Crippen LogP contribution is 2.22. The van der Waals surface area contributed by atoms with E-state index < -0.39 is 0 Å². The zero-order valence-electron chi connectivity index (χ0n) is 9.84. The largest absolute Gasteiger partial charge is 0.453 e. The summed E-state index contributed by atoms with van der Waals surface area (Å²) in [5.41, 5.74) is 3.64. The molecular weight excluding hydrogens is 246 g/mol. The Morgan fingerprint density at radius 3 is 3.06 bits per heavy atom. The van der Waals surface area contributed by atoms with Gasteiger partial charge in [-0.05, 0) is 25.1 Å². The Labute approximate surface area is 108 Å². The first-order chi connectivity index (χ1) is 8.72. The predicted octanol–water partition coefficient (Wildman–Crippen LogP) is 3.62. The number of aryl methyl sites for hydroxylation is 1. The lowest BCUT2D eigenvalue weighted by Gasteiger charge is -1.92. The Bertz CT molecular complexity index is 698. The number of thiazole rings is 1. The summed E-state index contributed by atoms with van der Waals surface area (Å²) in [7, 11) is 0. The first-order valence-electron chi connectivity index (χ1n) is 5.63. The van der Waals surface area contributed by atoms with Crippen LogP contribution in [0.1, 0.15) is 21.0 Å². The van der Waals surface area contributed by atoms with Crippen molar-refractivity contribution >= 4 is 28.1 Å². The Balaban J connectivity index is 1.92. The quantitative estimate of drug-likeness (QED) is 0.673. The average Bonchev–Trinajstić information content (AvgIpc) is 2.96. The molecule has 18 heavy (non-hydrogen) atoms. The van der Waals surface area contributed by atoms with Crippen molar-refractivity contribution in [3.05, 3.63) is 52.2 Å². The van der Waals surface area contributed by atoms with E-state index in [4.69, 9.17) is 4.42 Å². The molecule has 0 atom stereocenters. The number of nitrogens with zero attached hydrogens (tertiary/aromatic N) is 1. The molecule has 0 aliphatic rings. The van der Waals surface area contributed by atoms with Crippen LogP contribution in [0, 0.1) is 6.92 Å². The highest BCUT2D eigenvalue weighted by atomic mass is 32.1. The third-order valence-electron chi connectivity index (χ3n) is 2.76. The van der Waals surface area contributed by atoms with E-state index in [0.717, 1.165) is 21.4 Å². The SMILES string of the molecule is Cc1ccc2oc(C(=O)Cc3cncs3)cc2c1. The molecule has 0 radical (unpaired) electrons. The highest BCUT2D eigenvalue weighted by molar-refractivity contribution is 7.09. The van der Waals surface area contributed by atoms with Crippen LogP contribution in [0.5, 0.6) is 0 Å². The van der Waals surface area contributed by atoms with E-state index in [1.807, 2.05) is 31.2 Å². The lowest BCUT2D eigenvalue weighted by molar-refractivity contribution is 0.0969. The van der Waals surface area contributed by atoms with Crippen LogP contribution in [0.3, 0.4) is 0 Å². The fourth-order valence-corrected chi connectivity index (χ4v) is 2.47. The van der Waals surface area contributed by atoms with Crippen LogP contribution in [0.15, 0.2) is 40.4 Å². The van der Waals surface area contributed by atoms with Gasteiger partial charge in [-0.25, -0.2) is 0 Å². The van der Waals surface area contributed by atoms with Crippen molar-refractivity contribution in [1.29, 1.82) is 0 Å². The molecule has 4 heteroatoms. The normalized spacial score (nSPS) is 10.9. The first-order valence-corrected chi connectivity index (χ1v) is 6.51.